The molecule has 2 amide bonds. The second-order valence-corrected chi connectivity index (χ2v) is 8.80. The zero-order chi connectivity index (χ0) is 24.6. The summed E-state index contributed by atoms with van der Waals surface area (Å²) < 4.78 is 40.1. The summed E-state index contributed by atoms with van der Waals surface area (Å²) in [6, 6.07) is 20.8. The lowest BCUT2D eigenvalue weighted by Crippen LogP contribution is -2.21. The Kier molecular flexibility index (Phi) is 8.76. The van der Waals surface area contributed by atoms with Crippen molar-refractivity contribution in [2.45, 2.75) is 42.5 Å². The Morgan fingerprint density at radius 1 is 0.882 bits per heavy atom. The van der Waals surface area contributed by atoms with Crippen LogP contribution < -0.4 is 10.6 Å². The minimum absolute atomic E-state index is 0.0628. The van der Waals surface area contributed by atoms with Gasteiger partial charge in [0.05, 0.1) is 11.3 Å². The monoisotopic (exact) mass is 486 g/mol. The third-order valence-electron chi connectivity index (χ3n) is 4.98. The maximum absolute atomic E-state index is 13.4. The molecule has 0 heterocycles. The van der Waals surface area contributed by atoms with Gasteiger partial charge < -0.3 is 10.6 Å². The van der Waals surface area contributed by atoms with E-state index in [9.17, 15) is 22.8 Å². The minimum Gasteiger partial charge on any atom is -0.326 e. The van der Waals surface area contributed by atoms with Crippen molar-refractivity contribution >= 4 is 35.0 Å². The van der Waals surface area contributed by atoms with Gasteiger partial charge in [0.25, 0.3) is 0 Å². The molecule has 1 atom stereocenters. The van der Waals surface area contributed by atoms with Crippen molar-refractivity contribution in [1.82, 2.24) is 0 Å². The van der Waals surface area contributed by atoms with Crippen molar-refractivity contribution in [3.05, 3.63) is 90.0 Å². The molecule has 4 nitrogen and oxygen atoms in total. The van der Waals surface area contributed by atoms with Gasteiger partial charge in [-0.3, -0.25) is 9.59 Å². The van der Waals surface area contributed by atoms with E-state index in [0.29, 0.717) is 17.7 Å². The first-order valence-electron chi connectivity index (χ1n) is 10.9. The summed E-state index contributed by atoms with van der Waals surface area (Å²) in [5.74, 6) is -0.628. The van der Waals surface area contributed by atoms with Gasteiger partial charge in [0.2, 0.25) is 11.8 Å². The largest absolute Gasteiger partial charge is 0.418 e. The molecule has 1 unspecified atom stereocenters. The summed E-state index contributed by atoms with van der Waals surface area (Å²) >= 11 is 1.22. The highest BCUT2D eigenvalue weighted by atomic mass is 32.2. The maximum atomic E-state index is 13.4. The number of unbranched alkanes of at least 4 members (excludes halogenated alkanes) is 1. The van der Waals surface area contributed by atoms with Crippen molar-refractivity contribution in [1.29, 1.82) is 0 Å². The zero-order valence-electron chi connectivity index (χ0n) is 18.6. The molecule has 0 aliphatic carbocycles. The summed E-state index contributed by atoms with van der Waals surface area (Å²) in [6.45, 7) is 2.01. The summed E-state index contributed by atoms with van der Waals surface area (Å²) in [6.07, 6.45) is -2.40. The Labute approximate surface area is 201 Å². The van der Waals surface area contributed by atoms with Crippen LogP contribution in [0, 0.1) is 0 Å². The number of benzene rings is 3. The molecule has 3 rings (SSSR count). The van der Waals surface area contributed by atoms with Crippen molar-refractivity contribution in [2.24, 2.45) is 0 Å². The molecule has 0 saturated heterocycles. The van der Waals surface area contributed by atoms with Crippen LogP contribution in [0.1, 0.15) is 42.6 Å². The second-order valence-electron chi connectivity index (χ2n) is 7.62. The van der Waals surface area contributed by atoms with Gasteiger partial charge in [-0.2, -0.15) is 13.2 Å². The van der Waals surface area contributed by atoms with Gasteiger partial charge in [0, 0.05) is 17.0 Å². The average molecular weight is 487 g/mol. The fourth-order valence-electron chi connectivity index (χ4n) is 3.25. The van der Waals surface area contributed by atoms with E-state index in [1.807, 2.05) is 6.92 Å². The fourth-order valence-corrected chi connectivity index (χ4v) is 4.28. The number of anilines is 2. The second kappa shape index (κ2) is 11.7. The highest BCUT2D eigenvalue weighted by Crippen LogP contribution is 2.39. The molecule has 34 heavy (non-hydrogen) atoms. The number of carbonyl (C=O) groups is 2. The lowest BCUT2D eigenvalue weighted by atomic mass is 10.1. The number of nitrogens with one attached hydrogen (secondary N) is 2. The molecule has 0 spiro atoms. The lowest BCUT2D eigenvalue weighted by molar-refractivity contribution is -0.137. The number of para-hydroxylation sites is 1. The molecule has 8 heteroatoms. The van der Waals surface area contributed by atoms with Gasteiger partial charge in [-0.25, -0.2) is 0 Å². The molecule has 0 saturated carbocycles. The molecular weight excluding hydrogens is 461 g/mol. The Morgan fingerprint density at radius 3 is 2.18 bits per heavy atom. The number of hydrogen-bond acceptors (Lipinski definition) is 3. The third kappa shape index (κ3) is 7.12. The molecule has 3 aromatic carbocycles. The van der Waals surface area contributed by atoms with Crippen molar-refractivity contribution < 1.29 is 22.8 Å². The number of thioether (sulfide) groups is 1. The number of halogens is 3. The summed E-state index contributed by atoms with van der Waals surface area (Å²) in [7, 11) is 0. The van der Waals surface area contributed by atoms with Crippen molar-refractivity contribution in [3.63, 3.8) is 0 Å². The first kappa shape index (κ1) is 25.4. The molecule has 0 aliphatic rings. The topological polar surface area (TPSA) is 58.2 Å². The van der Waals surface area contributed by atoms with E-state index in [4.69, 9.17) is 0 Å². The van der Waals surface area contributed by atoms with E-state index < -0.39 is 22.9 Å². The normalized spacial score (nSPS) is 12.1. The fraction of sp³-hybridized carbons (Fsp3) is 0.231. The zero-order valence-corrected chi connectivity index (χ0v) is 19.4. The van der Waals surface area contributed by atoms with Crippen molar-refractivity contribution in [3.8, 4) is 0 Å². The van der Waals surface area contributed by atoms with Crippen LogP contribution in [0.3, 0.4) is 0 Å². The number of carbonyl (C=O) groups excluding carboxylic acids is 2. The third-order valence-corrected chi connectivity index (χ3v) is 6.25. The Balaban J connectivity index is 1.79. The molecule has 0 aromatic heterocycles. The van der Waals surface area contributed by atoms with Gasteiger partial charge in [0.15, 0.2) is 0 Å². The van der Waals surface area contributed by atoms with Crippen molar-refractivity contribution in [2.75, 3.05) is 10.6 Å². The predicted molar refractivity (Wildman–Crippen MR) is 130 cm³/mol. The molecular formula is C26H25F3N2O2S. The number of amides is 2. The highest BCUT2D eigenvalue weighted by molar-refractivity contribution is 8.00. The molecule has 0 bridgehead atoms. The number of hydrogen-bond donors (Lipinski definition) is 2. The van der Waals surface area contributed by atoms with E-state index in [1.54, 1.807) is 54.6 Å². The Bertz CT molecular complexity index is 1100. The first-order valence-corrected chi connectivity index (χ1v) is 11.7. The van der Waals surface area contributed by atoms with Gasteiger partial charge in [-0.05, 0) is 48.4 Å². The van der Waals surface area contributed by atoms with E-state index in [-0.39, 0.29) is 11.6 Å². The predicted octanol–water partition coefficient (Wildman–Crippen LogP) is 7.31. The van der Waals surface area contributed by atoms with Crippen LogP contribution in [0.25, 0.3) is 0 Å². The van der Waals surface area contributed by atoms with E-state index in [1.165, 1.54) is 30.0 Å². The molecule has 0 radical (unpaired) electrons. The van der Waals surface area contributed by atoms with E-state index >= 15 is 0 Å². The van der Waals surface area contributed by atoms with Gasteiger partial charge >= 0.3 is 6.18 Å². The minimum atomic E-state index is -4.59. The standard InChI is InChI=1S/C26H25F3N2O2S/c1-2-3-13-23(32)30-19-14-16-20(17-15-19)34-24(18-9-5-4-6-10-18)25(33)31-22-12-8-7-11-21(22)26(27,28)29/h4-12,14-17,24H,2-3,13H2,1H3,(H,30,32)(H,31,33). The van der Waals surface area contributed by atoms with Crippen LogP contribution >= 0.6 is 11.8 Å². The summed E-state index contributed by atoms with van der Waals surface area (Å²) in [5.41, 5.74) is 0.117. The smallest absolute Gasteiger partial charge is 0.326 e. The number of alkyl halides is 3. The molecule has 178 valence electrons. The van der Waals surface area contributed by atoms with Crippen LogP contribution in [-0.4, -0.2) is 11.8 Å². The van der Waals surface area contributed by atoms with Crippen LogP contribution in [0.15, 0.2) is 83.8 Å². The number of rotatable bonds is 9. The van der Waals surface area contributed by atoms with Crippen LogP contribution in [0.4, 0.5) is 24.5 Å². The Morgan fingerprint density at radius 2 is 1.53 bits per heavy atom. The average Bonchev–Trinajstić information content (AvgIpc) is 2.82. The Hall–Kier alpha value is -3.26. The quantitative estimate of drug-likeness (QED) is 0.312. The maximum Gasteiger partial charge on any atom is 0.418 e. The molecule has 0 aliphatic heterocycles. The van der Waals surface area contributed by atoms with Crippen LogP contribution in [0.5, 0.6) is 0 Å². The molecule has 3 aromatic rings. The summed E-state index contributed by atoms with van der Waals surface area (Å²) in [5, 5.41) is 4.50. The summed E-state index contributed by atoms with van der Waals surface area (Å²) in [4.78, 5) is 25.8. The highest BCUT2D eigenvalue weighted by Gasteiger charge is 2.34. The van der Waals surface area contributed by atoms with E-state index in [2.05, 4.69) is 10.6 Å². The van der Waals surface area contributed by atoms with E-state index in [0.717, 1.165) is 23.8 Å². The van der Waals surface area contributed by atoms with Crippen LogP contribution in [-0.2, 0) is 15.8 Å². The first-order chi connectivity index (χ1) is 16.3. The lowest BCUT2D eigenvalue weighted by Gasteiger charge is -2.19. The SMILES string of the molecule is CCCCC(=O)Nc1ccc(SC(C(=O)Nc2ccccc2C(F)(F)F)c2ccccc2)cc1. The van der Waals surface area contributed by atoms with Crippen LogP contribution in [0.2, 0.25) is 0 Å². The van der Waals surface area contributed by atoms with Gasteiger partial charge in [-0.15, -0.1) is 11.8 Å². The van der Waals surface area contributed by atoms with Gasteiger partial charge in [0.1, 0.15) is 5.25 Å². The molecule has 2 N–H and O–H groups in total. The molecule has 0 fully saturated rings. The van der Waals surface area contributed by atoms with Gasteiger partial charge in [-0.1, -0.05) is 55.8 Å².